The van der Waals surface area contributed by atoms with Crippen LogP contribution in [0.25, 0.3) is 10.1 Å². The number of rotatable bonds is 4. The summed E-state index contributed by atoms with van der Waals surface area (Å²) in [5.74, 6) is -0.0376. The van der Waals surface area contributed by atoms with Crippen LogP contribution in [0.3, 0.4) is 0 Å². The van der Waals surface area contributed by atoms with Crippen LogP contribution in [0.15, 0.2) is 29.6 Å². The maximum atomic E-state index is 12.0. The van der Waals surface area contributed by atoms with Crippen molar-refractivity contribution in [1.82, 2.24) is 5.32 Å². The fourth-order valence-corrected chi connectivity index (χ4v) is 2.89. The van der Waals surface area contributed by atoms with Gasteiger partial charge in [0, 0.05) is 11.1 Å². The average molecular weight is 305 g/mol. The van der Waals surface area contributed by atoms with Gasteiger partial charge in [-0.2, -0.15) is 0 Å². The third-order valence-electron chi connectivity index (χ3n) is 2.78. The SMILES string of the molecule is CC(C)(C)OC(=O)NCC(=O)Cc1csc2ccccc12. The Morgan fingerprint density at radius 1 is 1.24 bits per heavy atom. The Morgan fingerprint density at radius 3 is 2.67 bits per heavy atom. The number of carbonyl (C=O) groups excluding carboxylic acids is 2. The molecular weight excluding hydrogens is 286 g/mol. The molecule has 0 saturated heterocycles. The summed E-state index contributed by atoms with van der Waals surface area (Å²) in [7, 11) is 0. The number of alkyl carbamates (subject to hydrolysis) is 1. The lowest BCUT2D eigenvalue weighted by Gasteiger charge is -2.19. The Bertz CT molecular complexity index is 655. The first-order valence-corrected chi connectivity index (χ1v) is 7.67. The second-order valence-corrected chi connectivity index (χ2v) is 6.74. The number of ether oxygens (including phenoxy) is 1. The van der Waals surface area contributed by atoms with E-state index in [9.17, 15) is 9.59 Å². The number of hydrogen-bond acceptors (Lipinski definition) is 4. The van der Waals surface area contributed by atoms with E-state index < -0.39 is 11.7 Å². The molecule has 0 bridgehead atoms. The maximum Gasteiger partial charge on any atom is 0.408 e. The number of fused-ring (bicyclic) bond motifs is 1. The predicted octanol–water partition coefficient (Wildman–Crippen LogP) is 3.54. The van der Waals surface area contributed by atoms with E-state index >= 15 is 0 Å². The van der Waals surface area contributed by atoms with Gasteiger partial charge in [0.25, 0.3) is 0 Å². The number of hydrogen-bond donors (Lipinski definition) is 1. The molecule has 2 aromatic rings. The minimum absolute atomic E-state index is 0.0148. The van der Waals surface area contributed by atoms with Crippen LogP contribution in [0.2, 0.25) is 0 Å². The van der Waals surface area contributed by atoms with E-state index in [1.165, 1.54) is 4.70 Å². The first-order chi connectivity index (χ1) is 9.85. The topological polar surface area (TPSA) is 55.4 Å². The van der Waals surface area contributed by atoms with Gasteiger partial charge in [-0.05, 0) is 43.2 Å². The van der Waals surface area contributed by atoms with E-state index in [2.05, 4.69) is 5.32 Å². The lowest BCUT2D eigenvalue weighted by atomic mass is 10.1. The van der Waals surface area contributed by atoms with Gasteiger partial charge in [0.1, 0.15) is 5.60 Å². The van der Waals surface area contributed by atoms with E-state index in [4.69, 9.17) is 4.74 Å². The molecule has 0 aliphatic carbocycles. The number of Topliss-reactive ketones (excluding diaryl/α,β-unsaturated/α-hetero) is 1. The van der Waals surface area contributed by atoms with Crippen LogP contribution in [0, 0.1) is 0 Å². The Balaban J connectivity index is 1.89. The van der Waals surface area contributed by atoms with Gasteiger partial charge in [0.15, 0.2) is 5.78 Å². The van der Waals surface area contributed by atoms with Crippen molar-refractivity contribution in [2.45, 2.75) is 32.8 Å². The Hall–Kier alpha value is -1.88. The summed E-state index contributed by atoms with van der Waals surface area (Å²) in [6, 6.07) is 7.99. The third-order valence-corrected chi connectivity index (χ3v) is 3.79. The molecule has 112 valence electrons. The summed E-state index contributed by atoms with van der Waals surface area (Å²) < 4.78 is 6.26. The van der Waals surface area contributed by atoms with Crippen molar-refractivity contribution in [3.63, 3.8) is 0 Å². The third kappa shape index (κ3) is 4.56. The number of nitrogens with one attached hydrogen (secondary N) is 1. The summed E-state index contributed by atoms with van der Waals surface area (Å²) >= 11 is 1.62. The highest BCUT2D eigenvalue weighted by Crippen LogP contribution is 2.25. The largest absolute Gasteiger partial charge is 0.444 e. The van der Waals surface area contributed by atoms with Crippen LogP contribution in [-0.2, 0) is 16.0 Å². The molecule has 0 spiro atoms. The minimum Gasteiger partial charge on any atom is -0.444 e. The second kappa shape index (κ2) is 6.26. The van der Waals surface area contributed by atoms with Crippen LogP contribution >= 0.6 is 11.3 Å². The first-order valence-electron chi connectivity index (χ1n) is 6.79. The monoisotopic (exact) mass is 305 g/mol. The molecule has 0 fully saturated rings. The molecule has 0 unspecified atom stereocenters. The summed E-state index contributed by atoms with van der Waals surface area (Å²) in [5.41, 5.74) is 0.447. The molecule has 1 amide bonds. The molecule has 1 aromatic carbocycles. The molecular formula is C16H19NO3S. The molecule has 5 heteroatoms. The number of ketones is 1. The zero-order valence-corrected chi connectivity index (χ0v) is 13.3. The summed E-state index contributed by atoms with van der Waals surface area (Å²) in [4.78, 5) is 23.5. The molecule has 1 N–H and O–H groups in total. The van der Waals surface area contributed by atoms with E-state index in [0.29, 0.717) is 6.42 Å². The average Bonchev–Trinajstić information content (AvgIpc) is 2.78. The predicted molar refractivity (Wildman–Crippen MR) is 84.8 cm³/mol. The Labute approximate surface area is 128 Å². The van der Waals surface area contributed by atoms with Gasteiger partial charge in [0.2, 0.25) is 0 Å². The minimum atomic E-state index is -0.564. The fraction of sp³-hybridized carbons (Fsp3) is 0.375. The smallest absolute Gasteiger partial charge is 0.408 e. The van der Waals surface area contributed by atoms with Crippen molar-refractivity contribution in [2.75, 3.05) is 6.54 Å². The van der Waals surface area contributed by atoms with Crippen LogP contribution < -0.4 is 5.32 Å². The molecule has 0 radical (unpaired) electrons. The number of thiophene rings is 1. The van der Waals surface area contributed by atoms with Gasteiger partial charge in [-0.3, -0.25) is 4.79 Å². The van der Waals surface area contributed by atoms with Gasteiger partial charge in [-0.15, -0.1) is 11.3 Å². The quantitative estimate of drug-likeness (QED) is 0.940. The molecule has 0 atom stereocenters. The lowest BCUT2D eigenvalue weighted by Crippen LogP contribution is -2.35. The van der Waals surface area contributed by atoms with Crippen molar-refractivity contribution in [3.8, 4) is 0 Å². The Morgan fingerprint density at radius 2 is 1.95 bits per heavy atom. The summed E-state index contributed by atoms with van der Waals surface area (Å²) in [6.07, 6.45) is -0.245. The molecule has 0 aliphatic heterocycles. The van der Waals surface area contributed by atoms with Crippen LogP contribution in [0.4, 0.5) is 4.79 Å². The molecule has 0 aliphatic rings. The molecule has 21 heavy (non-hydrogen) atoms. The molecule has 1 heterocycles. The van der Waals surface area contributed by atoms with E-state index in [1.54, 1.807) is 32.1 Å². The number of carbonyl (C=O) groups is 2. The van der Waals surface area contributed by atoms with Crippen molar-refractivity contribution in [2.24, 2.45) is 0 Å². The standard InChI is InChI=1S/C16H19NO3S/c1-16(2,3)20-15(19)17-9-12(18)8-11-10-21-14-7-5-4-6-13(11)14/h4-7,10H,8-9H2,1-3H3,(H,17,19). The molecule has 4 nitrogen and oxygen atoms in total. The zero-order valence-electron chi connectivity index (χ0n) is 12.4. The lowest BCUT2D eigenvalue weighted by molar-refractivity contribution is -0.117. The van der Waals surface area contributed by atoms with E-state index in [-0.39, 0.29) is 12.3 Å². The van der Waals surface area contributed by atoms with Gasteiger partial charge < -0.3 is 10.1 Å². The van der Waals surface area contributed by atoms with Crippen LogP contribution in [0.5, 0.6) is 0 Å². The second-order valence-electron chi connectivity index (χ2n) is 5.83. The number of benzene rings is 1. The highest BCUT2D eigenvalue weighted by atomic mass is 32.1. The molecule has 0 saturated carbocycles. The number of amides is 1. The van der Waals surface area contributed by atoms with Crippen molar-refractivity contribution in [3.05, 3.63) is 35.2 Å². The van der Waals surface area contributed by atoms with E-state index in [1.807, 2.05) is 29.6 Å². The van der Waals surface area contributed by atoms with Crippen LogP contribution in [-0.4, -0.2) is 24.0 Å². The highest BCUT2D eigenvalue weighted by molar-refractivity contribution is 7.17. The first kappa shape index (κ1) is 15.5. The van der Waals surface area contributed by atoms with Crippen molar-refractivity contribution in [1.29, 1.82) is 0 Å². The normalized spacial score (nSPS) is 11.4. The van der Waals surface area contributed by atoms with E-state index in [0.717, 1.165) is 10.9 Å². The molecule has 1 aromatic heterocycles. The maximum absolute atomic E-state index is 12.0. The van der Waals surface area contributed by atoms with Crippen LogP contribution in [0.1, 0.15) is 26.3 Å². The van der Waals surface area contributed by atoms with Crippen molar-refractivity contribution >= 4 is 33.3 Å². The fourth-order valence-electron chi connectivity index (χ4n) is 1.93. The van der Waals surface area contributed by atoms with Crippen molar-refractivity contribution < 1.29 is 14.3 Å². The van der Waals surface area contributed by atoms with Gasteiger partial charge >= 0.3 is 6.09 Å². The molecule has 2 rings (SSSR count). The Kier molecular flexibility index (Phi) is 4.63. The van der Waals surface area contributed by atoms with Gasteiger partial charge in [-0.1, -0.05) is 18.2 Å². The summed E-state index contributed by atoms with van der Waals surface area (Å²) in [6.45, 7) is 5.34. The van der Waals surface area contributed by atoms with Gasteiger partial charge in [0.05, 0.1) is 6.54 Å². The highest BCUT2D eigenvalue weighted by Gasteiger charge is 2.17. The zero-order chi connectivity index (χ0) is 15.5. The summed E-state index contributed by atoms with van der Waals surface area (Å²) in [5, 5.41) is 5.59. The van der Waals surface area contributed by atoms with Gasteiger partial charge in [-0.25, -0.2) is 4.79 Å².